The smallest absolute Gasteiger partial charge is 0.252 e. The maximum Gasteiger partial charge on any atom is 0.252 e. The summed E-state index contributed by atoms with van der Waals surface area (Å²) < 4.78 is 0. The van der Waals surface area contributed by atoms with Crippen molar-refractivity contribution in [1.82, 2.24) is 9.80 Å². The lowest BCUT2D eigenvalue weighted by Crippen LogP contribution is -2.43. The molecule has 114 valence electrons. The second kappa shape index (κ2) is 8.85. The number of nitrogens with zero attached hydrogens (tertiary/aromatic N) is 2. The number of hydrogen-bond acceptors (Lipinski definition) is 3. The molecule has 0 atom stereocenters. The lowest BCUT2D eigenvalue weighted by Gasteiger charge is -2.32. The van der Waals surface area contributed by atoms with E-state index in [0.717, 1.165) is 38.3 Å². The number of likely N-dealkylation sites (N-methyl/N-ethyl adjacent to an activating group) is 1. The van der Waals surface area contributed by atoms with Gasteiger partial charge in [0.1, 0.15) is 0 Å². The fraction of sp³-hybridized carbons (Fsp3) is 0.500. The molecule has 0 spiro atoms. The summed E-state index contributed by atoms with van der Waals surface area (Å²) in [5.74, 6) is 0. The van der Waals surface area contributed by atoms with Gasteiger partial charge in [-0.25, -0.2) is 0 Å². The van der Waals surface area contributed by atoms with Gasteiger partial charge in [0.15, 0.2) is 0 Å². The fourth-order valence-electron chi connectivity index (χ4n) is 2.24. The third-order valence-electron chi connectivity index (χ3n) is 3.56. The highest BCUT2D eigenvalue weighted by Gasteiger charge is 2.15. The third-order valence-corrected chi connectivity index (χ3v) is 3.78. The minimum absolute atomic E-state index is 0. The monoisotopic (exact) mass is 338 g/mol. The van der Waals surface area contributed by atoms with Crippen LogP contribution in [0.25, 0.3) is 0 Å². The van der Waals surface area contributed by atoms with Crippen molar-refractivity contribution >= 4 is 41.7 Å². The fourth-order valence-corrected chi connectivity index (χ4v) is 2.36. The first-order valence-corrected chi connectivity index (χ1v) is 6.64. The van der Waals surface area contributed by atoms with E-state index < -0.39 is 0 Å². The molecule has 3 nitrogen and oxygen atoms in total. The van der Waals surface area contributed by atoms with Crippen LogP contribution >= 0.6 is 36.4 Å². The topological polar surface area (TPSA) is 23.6 Å². The molecule has 6 heteroatoms. The number of carbonyl (C=O) groups excluding carboxylic acids is 1. The maximum absolute atomic E-state index is 11.1. The molecule has 1 saturated heterocycles. The van der Waals surface area contributed by atoms with Crippen molar-refractivity contribution in [3.05, 3.63) is 34.9 Å². The minimum Gasteiger partial charge on any atom is -0.304 e. The Balaban J connectivity index is 0.00000180. The number of halogens is 3. The van der Waals surface area contributed by atoms with Gasteiger partial charge in [-0.15, -0.1) is 24.8 Å². The minimum atomic E-state index is -0.385. The molecule has 0 N–H and O–H groups in total. The second-order valence-electron chi connectivity index (χ2n) is 4.99. The number of piperazine rings is 1. The molecule has 1 aromatic rings. The Labute approximate surface area is 138 Å². The van der Waals surface area contributed by atoms with Crippen LogP contribution in [0, 0.1) is 6.92 Å². The molecule has 1 heterocycles. The van der Waals surface area contributed by atoms with Crippen molar-refractivity contribution in [3.63, 3.8) is 0 Å². The summed E-state index contributed by atoms with van der Waals surface area (Å²) in [6.45, 7) is 7.44. The van der Waals surface area contributed by atoms with E-state index in [1.807, 2.05) is 25.1 Å². The Bertz CT molecular complexity index is 446. The van der Waals surface area contributed by atoms with Gasteiger partial charge >= 0.3 is 0 Å². The first-order chi connectivity index (χ1) is 8.56. The summed E-state index contributed by atoms with van der Waals surface area (Å²) in [5, 5.41) is -0.385. The van der Waals surface area contributed by atoms with E-state index in [4.69, 9.17) is 11.6 Å². The molecule has 0 unspecified atom stereocenters. The van der Waals surface area contributed by atoms with Crippen LogP contribution in [0.5, 0.6) is 0 Å². The highest BCUT2D eigenvalue weighted by Crippen LogP contribution is 2.15. The predicted molar refractivity (Wildman–Crippen MR) is 88.6 cm³/mol. The van der Waals surface area contributed by atoms with Crippen molar-refractivity contribution < 1.29 is 4.79 Å². The standard InChI is InChI=1S/C14H19ClN2O.2ClH/c1-11-9-12(14(15)18)3-4-13(11)10-17-7-5-16(2)6-8-17;;/h3-4,9H,5-8,10H2,1-2H3;2*1H. The Morgan fingerprint density at radius 1 is 1.20 bits per heavy atom. The molecule has 1 fully saturated rings. The molecule has 20 heavy (non-hydrogen) atoms. The molecule has 1 aromatic carbocycles. The van der Waals surface area contributed by atoms with Crippen LogP contribution in [-0.2, 0) is 6.54 Å². The van der Waals surface area contributed by atoms with Gasteiger partial charge in [0.05, 0.1) is 0 Å². The van der Waals surface area contributed by atoms with E-state index >= 15 is 0 Å². The van der Waals surface area contributed by atoms with E-state index in [2.05, 4.69) is 16.8 Å². The Kier molecular flexibility index (Phi) is 8.71. The Morgan fingerprint density at radius 3 is 2.30 bits per heavy atom. The number of rotatable bonds is 3. The van der Waals surface area contributed by atoms with Crippen LogP contribution in [0.2, 0.25) is 0 Å². The van der Waals surface area contributed by atoms with Crippen molar-refractivity contribution in [2.75, 3.05) is 33.2 Å². The Morgan fingerprint density at radius 2 is 1.80 bits per heavy atom. The van der Waals surface area contributed by atoms with Crippen molar-refractivity contribution in [2.24, 2.45) is 0 Å². The maximum atomic E-state index is 11.1. The van der Waals surface area contributed by atoms with Gasteiger partial charge in [0.25, 0.3) is 5.24 Å². The number of benzene rings is 1. The summed E-state index contributed by atoms with van der Waals surface area (Å²) in [5.41, 5.74) is 3.00. The molecule has 0 saturated carbocycles. The number of aryl methyl sites for hydroxylation is 1. The zero-order valence-electron chi connectivity index (χ0n) is 11.8. The normalized spacial score (nSPS) is 16.1. The van der Waals surface area contributed by atoms with E-state index in [9.17, 15) is 4.79 Å². The van der Waals surface area contributed by atoms with Gasteiger partial charge in [-0.3, -0.25) is 9.69 Å². The first kappa shape index (κ1) is 19.7. The van der Waals surface area contributed by atoms with Gasteiger partial charge in [-0.05, 0) is 48.8 Å². The van der Waals surface area contributed by atoms with Crippen LogP contribution in [0.4, 0.5) is 0 Å². The molecule has 2 rings (SSSR count). The molecule has 1 aliphatic rings. The van der Waals surface area contributed by atoms with E-state index in [0.29, 0.717) is 5.56 Å². The number of hydrogen-bond donors (Lipinski definition) is 0. The van der Waals surface area contributed by atoms with Crippen LogP contribution < -0.4 is 0 Å². The van der Waals surface area contributed by atoms with Gasteiger partial charge in [0.2, 0.25) is 0 Å². The van der Waals surface area contributed by atoms with Crippen molar-refractivity contribution in [3.8, 4) is 0 Å². The Hall–Kier alpha value is -0.320. The third kappa shape index (κ3) is 5.23. The summed E-state index contributed by atoms with van der Waals surface area (Å²) in [6, 6.07) is 5.71. The van der Waals surface area contributed by atoms with Gasteiger partial charge < -0.3 is 4.90 Å². The molecular weight excluding hydrogens is 319 g/mol. The van der Waals surface area contributed by atoms with Crippen LogP contribution in [0.3, 0.4) is 0 Å². The zero-order chi connectivity index (χ0) is 13.1. The average molecular weight is 340 g/mol. The zero-order valence-corrected chi connectivity index (χ0v) is 14.2. The first-order valence-electron chi connectivity index (χ1n) is 6.26. The molecule has 0 aromatic heterocycles. The summed E-state index contributed by atoms with van der Waals surface area (Å²) in [4.78, 5) is 15.9. The highest BCUT2D eigenvalue weighted by atomic mass is 35.5. The summed E-state index contributed by atoms with van der Waals surface area (Å²) in [7, 11) is 2.16. The molecule has 1 aliphatic heterocycles. The van der Waals surface area contributed by atoms with E-state index in [-0.39, 0.29) is 30.1 Å². The summed E-state index contributed by atoms with van der Waals surface area (Å²) >= 11 is 5.48. The lowest BCUT2D eigenvalue weighted by molar-refractivity contribution is 0.108. The van der Waals surface area contributed by atoms with Gasteiger partial charge in [-0.1, -0.05) is 6.07 Å². The van der Waals surface area contributed by atoms with Crippen LogP contribution in [0.1, 0.15) is 21.5 Å². The highest BCUT2D eigenvalue weighted by molar-refractivity contribution is 6.67. The second-order valence-corrected chi connectivity index (χ2v) is 5.34. The van der Waals surface area contributed by atoms with Crippen LogP contribution in [-0.4, -0.2) is 48.3 Å². The van der Waals surface area contributed by atoms with E-state index in [1.54, 1.807) is 0 Å². The molecule has 0 bridgehead atoms. The van der Waals surface area contributed by atoms with Gasteiger partial charge in [0, 0.05) is 38.3 Å². The average Bonchev–Trinajstić information content (AvgIpc) is 2.34. The van der Waals surface area contributed by atoms with E-state index in [1.165, 1.54) is 5.56 Å². The van der Waals surface area contributed by atoms with Crippen LogP contribution in [0.15, 0.2) is 18.2 Å². The van der Waals surface area contributed by atoms with Crippen molar-refractivity contribution in [1.29, 1.82) is 0 Å². The largest absolute Gasteiger partial charge is 0.304 e. The predicted octanol–water partition coefficient (Wildman–Crippen LogP) is 2.97. The number of carbonyl (C=O) groups is 1. The molecule has 0 radical (unpaired) electrons. The van der Waals surface area contributed by atoms with Crippen molar-refractivity contribution in [2.45, 2.75) is 13.5 Å². The summed E-state index contributed by atoms with van der Waals surface area (Å²) in [6.07, 6.45) is 0. The SMILES string of the molecule is Cc1cc(C(=O)Cl)ccc1CN1CCN(C)CC1.Cl.Cl. The lowest BCUT2D eigenvalue weighted by atomic mass is 10.0. The molecule has 0 aliphatic carbocycles. The quantitative estimate of drug-likeness (QED) is 0.791. The van der Waals surface area contributed by atoms with Gasteiger partial charge in [-0.2, -0.15) is 0 Å². The molecular formula is C14H21Cl3N2O. The molecule has 0 amide bonds.